The van der Waals surface area contributed by atoms with Crippen LogP contribution in [0.1, 0.15) is 271 Å². The Bertz CT molecular complexity index is 1390. The Balaban J connectivity index is 3.98. The molecule has 71 heavy (non-hydrogen) atoms. The van der Waals surface area contributed by atoms with Gasteiger partial charge in [-0.1, -0.05) is 267 Å². The number of carbonyl (C=O) groups is 2. The summed E-state index contributed by atoms with van der Waals surface area (Å²) >= 11 is 0. The monoisotopic (exact) mass is 1020 g/mol. The molecule has 0 aromatic carbocycles. The maximum absolute atomic E-state index is 12.7. The molecule has 0 saturated heterocycles. The first-order chi connectivity index (χ1) is 34.8. The van der Waals surface area contributed by atoms with Crippen LogP contribution in [0.15, 0.2) is 72.9 Å². The summed E-state index contributed by atoms with van der Waals surface area (Å²) in [7, 11) is -4.39. The smallest absolute Gasteiger partial charge is 0.462 e. The number of hydrogen-bond acceptors (Lipinski definition) is 8. The van der Waals surface area contributed by atoms with Crippen molar-refractivity contribution in [2.45, 2.75) is 277 Å². The summed E-state index contributed by atoms with van der Waals surface area (Å²) in [6.45, 7) is 3.66. The van der Waals surface area contributed by atoms with Gasteiger partial charge in [0.25, 0.3) is 0 Å². The minimum Gasteiger partial charge on any atom is -0.462 e. The maximum Gasteiger partial charge on any atom is 0.472 e. The van der Waals surface area contributed by atoms with E-state index < -0.39 is 26.5 Å². The number of carbonyl (C=O) groups excluding carboxylic acids is 2. The van der Waals surface area contributed by atoms with Gasteiger partial charge in [-0.05, 0) is 64.2 Å². The second-order valence-corrected chi connectivity index (χ2v) is 20.9. The molecular formula is C61H110NO8P. The number of phosphoric ester groups is 1. The van der Waals surface area contributed by atoms with Crippen molar-refractivity contribution in [2.75, 3.05) is 26.4 Å². The number of allylic oxidation sites excluding steroid dienone is 12. The molecule has 0 aromatic heterocycles. The summed E-state index contributed by atoms with van der Waals surface area (Å²) in [4.78, 5) is 35.2. The van der Waals surface area contributed by atoms with Gasteiger partial charge in [-0.15, -0.1) is 0 Å². The molecule has 0 saturated carbocycles. The summed E-state index contributed by atoms with van der Waals surface area (Å²) in [5.41, 5.74) is 5.38. The van der Waals surface area contributed by atoms with Gasteiger partial charge >= 0.3 is 19.8 Å². The second-order valence-electron chi connectivity index (χ2n) is 19.5. The van der Waals surface area contributed by atoms with E-state index >= 15 is 0 Å². The lowest BCUT2D eigenvalue weighted by Crippen LogP contribution is -2.29. The number of phosphoric acid groups is 1. The Labute approximate surface area is 437 Å². The molecule has 10 heteroatoms. The molecule has 2 atom stereocenters. The first-order valence-corrected chi connectivity index (χ1v) is 30.9. The molecule has 0 fully saturated rings. The van der Waals surface area contributed by atoms with E-state index in [4.69, 9.17) is 24.3 Å². The summed E-state index contributed by atoms with van der Waals surface area (Å²) < 4.78 is 33.1. The van der Waals surface area contributed by atoms with Crippen LogP contribution in [0.4, 0.5) is 0 Å². The Morgan fingerprint density at radius 2 is 0.775 bits per heavy atom. The topological polar surface area (TPSA) is 134 Å². The van der Waals surface area contributed by atoms with Crippen LogP contribution in [-0.2, 0) is 32.7 Å². The molecule has 0 radical (unpaired) electrons. The number of nitrogens with two attached hydrogens (primary N) is 1. The standard InChI is InChI=1S/C61H110NO8P/c1-3-5-7-9-11-13-15-17-19-21-23-25-26-27-28-29-30-31-32-34-36-38-40-42-44-46-48-50-52-54-61(64)70-59(58-69-71(65,66)68-56-55-62)57-67-60(63)53-51-49-47-45-43-41-39-37-35-33-24-22-20-18-16-14-12-10-8-6-4-2/h5,7,11,13,17,19,23,25,27-28,30-31,59H,3-4,6,8-10,12,14-16,18,20-22,24,26,29,32-58,62H2,1-2H3,(H,65,66)/b7-5-,13-11-,19-17-,25-23-,28-27-,31-30-. The van der Waals surface area contributed by atoms with Crippen LogP contribution >= 0.6 is 7.82 Å². The van der Waals surface area contributed by atoms with Gasteiger partial charge in [0.2, 0.25) is 0 Å². The molecule has 2 unspecified atom stereocenters. The highest BCUT2D eigenvalue weighted by molar-refractivity contribution is 7.47. The second kappa shape index (κ2) is 56.7. The molecule has 9 nitrogen and oxygen atoms in total. The summed E-state index contributed by atoms with van der Waals surface area (Å²) in [5.74, 6) is -0.824. The molecule has 0 rings (SSSR count). The fraction of sp³-hybridized carbons (Fsp3) is 0.770. The molecule has 0 spiro atoms. The quantitative estimate of drug-likeness (QED) is 0.0264. The zero-order valence-electron chi connectivity index (χ0n) is 45.9. The zero-order chi connectivity index (χ0) is 51.7. The highest BCUT2D eigenvalue weighted by Gasteiger charge is 2.26. The molecule has 3 N–H and O–H groups in total. The van der Waals surface area contributed by atoms with Crippen molar-refractivity contribution in [3.63, 3.8) is 0 Å². The molecule has 0 aliphatic rings. The third-order valence-corrected chi connectivity index (χ3v) is 13.6. The fourth-order valence-corrected chi connectivity index (χ4v) is 9.05. The average Bonchev–Trinajstić information content (AvgIpc) is 3.36. The lowest BCUT2D eigenvalue weighted by molar-refractivity contribution is -0.161. The van der Waals surface area contributed by atoms with E-state index in [1.807, 2.05) is 0 Å². The third-order valence-electron chi connectivity index (χ3n) is 12.6. The van der Waals surface area contributed by atoms with E-state index in [2.05, 4.69) is 86.8 Å². The minimum atomic E-state index is -4.39. The fourth-order valence-electron chi connectivity index (χ4n) is 8.29. The lowest BCUT2D eigenvalue weighted by atomic mass is 10.0. The normalized spacial score (nSPS) is 13.6. The average molecular weight is 1020 g/mol. The van der Waals surface area contributed by atoms with Gasteiger partial charge in [-0.25, -0.2) is 4.57 Å². The first-order valence-electron chi connectivity index (χ1n) is 29.4. The van der Waals surface area contributed by atoms with Crippen molar-refractivity contribution in [3.8, 4) is 0 Å². The van der Waals surface area contributed by atoms with Gasteiger partial charge < -0.3 is 20.1 Å². The van der Waals surface area contributed by atoms with Crippen molar-refractivity contribution in [2.24, 2.45) is 5.73 Å². The molecule has 0 aliphatic heterocycles. The number of hydrogen-bond donors (Lipinski definition) is 2. The summed E-state index contributed by atoms with van der Waals surface area (Å²) in [5, 5.41) is 0. The van der Waals surface area contributed by atoms with Crippen LogP contribution < -0.4 is 5.73 Å². The van der Waals surface area contributed by atoms with E-state index in [9.17, 15) is 19.0 Å². The van der Waals surface area contributed by atoms with Gasteiger partial charge in [-0.3, -0.25) is 18.6 Å². The van der Waals surface area contributed by atoms with Gasteiger partial charge in [0.1, 0.15) is 6.61 Å². The van der Waals surface area contributed by atoms with Crippen LogP contribution in [0.3, 0.4) is 0 Å². The Morgan fingerprint density at radius 3 is 1.15 bits per heavy atom. The molecule has 0 bridgehead atoms. The Hall–Kier alpha value is -2.55. The lowest BCUT2D eigenvalue weighted by Gasteiger charge is -2.19. The third kappa shape index (κ3) is 56.6. The van der Waals surface area contributed by atoms with E-state index in [0.717, 1.165) is 83.5 Å². The highest BCUT2D eigenvalue weighted by atomic mass is 31.2. The van der Waals surface area contributed by atoms with Crippen molar-refractivity contribution < 1.29 is 37.6 Å². The zero-order valence-corrected chi connectivity index (χ0v) is 46.8. The van der Waals surface area contributed by atoms with E-state index in [1.54, 1.807) is 0 Å². The first kappa shape index (κ1) is 68.5. The van der Waals surface area contributed by atoms with Gasteiger partial charge in [-0.2, -0.15) is 0 Å². The highest BCUT2D eigenvalue weighted by Crippen LogP contribution is 2.43. The van der Waals surface area contributed by atoms with Crippen molar-refractivity contribution >= 4 is 19.8 Å². The molecule has 0 aliphatic carbocycles. The Kier molecular flexibility index (Phi) is 54.7. The SMILES string of the molecule is CC/C=C\C/C=C\C/C=C\C/C=C\C/C=C\C/C=C\CCCCCCCCCCCCC(=O)OC(COC(=O)CCCCCCCCCCCCCCCCCCCCCCC)COP(=O)(O)OCCN. The molecule has 0 amide bonds. The van der Waals surface area contributed by atoms with Crippen molar-refractivity contribution in [3.05, 3.63) is 72.9 Å². The van der Waals surface area contributed by atoms with E-state index in [1.165, 1.54) is 154 Å². The summed E-state index contributed by atoms with van der Waals surface area (Å²) in [6, 6.07) is 0. The maximum atomic E-state index is 12.7. The van der Waals surface area contributed by atoms with Crippen LogP contribution in [0.25, 0.3) is 0 Å². The van der Waals surface area contributed by atoms with Crippen LogP contribution in [-0.4, -0.2) is 49.3 Å². The number of esters is 2. The van der Waals surface area contributed by atoms with Crippen LogP contribution in [0.5, 0.6) is 0 Å². The molecule has 0 aromatic rings. The van der Waals surface area contributed by atoms with Crippen LogP contribution in [0, 0.1) is 0 Å². The Morgan fingerprint density at radius 1 is 0.437 bits per heavy atom. The number of ether oxygens (including phenoxy) is 2. The summed E-state index contributed by atoms with van der Waals surface area (Å²) in [6.07, 6.45) is 72.4. The largest absolute Gasteiger partial charge is 0.472 e. The number of unbranched alkanes of at least 4 members (excludes halogenated alkanes) is 30. The molecule has 0 heterocycles. The minimum absolute atomic E-state index is 0.0514. The predicted molar refractivity (Wildman–Crippen MR) is 302 cm³/mol. The van der Waals surface area contributed by atoms with E-state index in [0.29, 0.717) is 6.42 Å². The predicted octanol–water partition coefficient (Wildman–Crippen LogP) is 18.5. The van der Waals surface area contributed by atoms with E-state index in [-0.39, 0.29) is 38.6 Å². The molecule has 412 valence electrons. The van der Waals surface area contributed by atoms with Crippen molar-refractivity contribution in [1.82, 2.24) is 0 Å². The molecular weight excluding hydrogens is 906 g/mol. The van der Waals surface area contributed by atoms with Crippen molar-refractivity contribution in [1.29, 1.82) is 0 Å². The van der Waals surface area contributed by atoms with Gasteiger partial charge in [0.15, 0.2) is 6.10 Å². The van der Waals surface area contributed by atoms with Crippen LogP contribution in [0.2, 0.25) is 0 Å². The van der Waals surface area contributed by atoms with Gasteiger partial charge in [0, 0.05) is 19.4 Å². The van der Waals surface area contributed by atoms with Gasteiger partial charge in [0.05, 0.1) is 13.2 Å². The number of rotatable bonds is 55.